The predicted octanol–water partition coefficient (Wildman–Crippen LogP) is 1.99. The number of benzene rings is 1. The summed E-state index contributed by atoms with van der Waals surface area (Å²) in [7, 11) is 0. The third-order valence-electron chi connectivity index (χ3n) is 3.15. The second kappa shape index (κ2) is 6.32. The lowest BCUT2D eigenvalue weighted by atomic mass is 9.86. The van der Waals surface area contributed by atoms with E-state index < -0.39 is 6.10 Å². The number of rotatable bonds is 5. The van der Waals surface area contributed by atoms with E-state index in [2.05, 4.69) is 57.3 Å². The van der Waals surface area contributed by atoms with Crippen LogP contribution in [0.2, 0.25) is 0 Å². The van der Waals surface area contributed by atoms with Crippen LogP contribution in [0.5, 0.6) is 0 Å². The summed E-state index contributed by atoms with van der Waals surface area (Å²) in [4.78, 5) is 0. The van der Waals surface area contributed by atoms with Gasteiger partial charge in [0, 0.05) is 12.6 Å². The number of hydrogen-bond donors (Lipinski definition) is 3. The minimum absolute atomic E-state index is 0.167. The van der Waals surface area contributed by atoms with Crippen molar-refractivity contribution < 1.29 is 10.2 Å². The molecule has 0 aromatic heterocycles. The molecule has 3 N–H and O–H groups in total. The van der Waals surface area contributed by atoms with Gasteiger partial charge in [-0.3, -0.25) is 0 Å². The molecule has 0 amide bonds. The molecule has 1 aromatic carbocycles. The van der Waals surface area contributed by atoms with E-state index >= 15 is 0 Å². The van der Waals surface area contributed by atoms with E-state index in [-0.39, 0.29) is 18.1 Å². The Labute approximate surface area is 110 Å². The Morgan fingerprint density at radius 2 is 1.72 bits per heavy atom. The minimum atomic E-state index is -0.693. The van der Waals surface area contributed by atoms with Gasteiger partial charge < -0.3 is 15.5 Å². The van der Waals surface area contributed by atoms with Gasteiger partial charge in [-0.1, -0.05) is 45.0 Å². The topological polar surface area (TPSA) is 52.5 Å². The van der Waals surface area contributed by atoms with E-state index in [9.17, 15) is 5.11 Å². The SMILES string of the molecule is CC(NCC(O)CO)c1ccc(C(C)(C)C)cc1. The zero-order valence-electron chi connectivity index (χ0n) is 11.8. The van der Waals surface area contributed by atoms with Gasteiger partial charge in [0.25, 0.3) is 0 Å². The monoisotopic (exact) mass is 251 g/mol. The molecule has 0 spiro atoms. The Hall–Kier alpha value is -0.900. The van der Waals surface area contributed by atoms with Gasteiger partial charge in [-0.2, -0.15) is 0 Å². The molecule has 1 rings (SSSR count). The van der Waals surface area contributed by atoms with E-state index in [1.54, 1.807) is 0 Å². The number of nitrogens with one attached hydrogen (secondary N) is 1. The fourth-order valence-electron chi connectivity index (χ4n) is 1.77. The van der Waals surface area contributed by atoms with Crippen LogP contribution in [0.4, 0.5) is 0 Å². The maximum absolute atomic E-state index is 9.29. The Morgan fingerprint density at radius 3 is 2.17 bits per heavy atom. The zero-order valence-corrected chi connectivity index (χ0v) is 11.8. The molecule has 0 saturated carbocycles. The van der Waals surface area contributed by atoms with Gasteiger partial charge >= 0.3 is 0 Å². The van der Waals surface area contributed by atoms with E-state index in [0.717, 1.165) is 0 Å². The first-order valence-corrected chi connectivity index (χ1v) is 6.47. The molecule has 0 saturated heterocycles. The molecule has 0 fully saturated rings. The lowest BCUT2D eigenvalue weighted by molar-refractivity contribution is 0.0924. The minimum Gasteiger partial charge on any atom is -0.394 e. The predicted molar refractivity (Wildman–Crippen MR) is 74.7 cm³/mol. The summed E-state index contributed by atoms with van der Waals surface area (Å²) >= 11 is 0. The van der Waals surface area contributed by atoms with Crippen LogP contribution in [0.3, 0.4) is 0 Å². The molecule has 0 aliphatic carbocycles. The van der Waals surface area contributed by atoms with Gasteiger partial charge in [-0.25, -0.2) is 0 Å². The van der Waals surface area contributed by atoms with Crippen molar-refractivity contribution in [1.29, 1.82) is 0 Å². The maximum Gasteiger partial charge on any atom is 0.0895 e. The molecule has 0 radical (unpaired) electrons. The summed E-state index contributed by atoms with van der Waals surface area (Å²) in [5, 5.41) is 21.2. The number of hydrogen-bond acceptors (Lipinski definition) is 3. The maximum atomic E-state index is 9.29. The molecule has 102 valence electrons. The van der Waals surface area contributed by atoms with E-state index in [4.69, 9.17) is 5.11 Å². The van der Waals surface area contributed by atoms with E-state index in [1.165, 1.54) is 11.1 Å². The average Bonchev–Trinajstić information content (AvgIpc) is 2.34. The van der Waals surface area contributed by atoms with Crippen molar-refractivity contribution in [2.75, 3.05) is 13.2 Å². The van der Waals surface area contributed by atoms with E-state index in [1.807, 2.05) is 0 Å². The van der Waals surface area contributed by atoms with Crippen molar-refractivity contribution >= 4 is 0 Å². The van der Waals surface area contributed by atoms with Crippen LogP contribution in [0.15, 0.2) is 24.3 Å². The van der Waals surface area contributed by atoms with E-state index in [0.29, 0.717) is 6.54 Å². The fraction of sp³-hybridized carbons (Fsp3) is 0.600. The molecule has 0 bridgehead atoms. The van der Waals surface area contributed by atoms with Gasteiger partial charge in [0.05, 0.1) is 12.7 Å². The van der Waals surface area contributed by atoms with Crippen LogP contribution in [0.25, 0.3) is 0 Å². The first-order valence-electron chi connectivity index (χ1n) is 6.47. The quantitative estimate of drug-likeness (QED) is 0.750. The molecule has 3 heteroatoms. The summed E-state index contributed by atoms with van der Waals surface area (Å²) in [5.41, 5.74) is 2.67. The van der Waals surface area contributed by atoms with Crippen LogP contribution >= 0.6 is 0 Å². The summed E-state index contributed by atoms with van der Waals surface area (Å²) in [6.45, 7) is 8.83. The third kappa shape index (κ3) is 4.41. The Balaban J connectivity index is 2.62. The van der Waals surface area contributed by atoms with Crippen LogP contribution < -0.4 is 5.32 Å². The highest BCUT2D eigenvalue weighted by atomic mass is 16.3. The smallest absolute Gasteiger partial charge is 0.0895 e. The molecule has 1 aromatic rings. The lowest BCUT2D eigenvalue weighted by Gasteiger charge is -2.21. The largest absolute Gasteiger partial charge is 0.394 e. The van der Waals surface area contributed by atoms with Crippen LogP contribution in [-0.4, -0.2) is 29.5 Å². The van der Waals surface area contributed by atoms with Crippen molar-refractivity contribution in [1.82, 2.24) is 5.32 Å². The first kappa shape index (κ1) is 15.2. The highest BCUT2D eigenvalue weighted by molar-refractivity contribution is 5.28. The Morgan fingerprint density at radius 1 is 1.17 bits per heavy atom. The molecular formula is C15H25NO2. The standard InChI is InChI=1S/C15H25NO2/c1-11(16-9-14(18)10-17)12-5-7-13(8-6-12)15(2,3)4/h5-8,11,14,16-18H,9-10H2,1-4H3. The summed E-state index contributed by atoms with van der Waals surface area (Å²) in [6, 6.07) is 8.69. The highest BCUT2D eigenvalue weighted by Crippen LogP contribution is 2.23. The first-order chi connectivity index (χ1) is 8.34. The number of aliphatic hydroxyl groups excluding tert-OH is 2. The molecule has 3 nitrogen and oxygen atoms in total. The van der Waals surface area contributed by atoms with Crippen LogP contribution in [0, 0.1) is 0 Å². The zero-order chi connectivity index (χ0) is 13.8. The van der Waals surface area contributed by atoms with Gasteiger partial charge in [0.15, 0.2) is 0 Å². The molecule has 0 aliphatic rings. The van der Waals surface area contributed by atoms with Gasteiger partial charge in [0.2, 0.25) is 0 Å². The number of aliphatic hydroxyl groups is 2. The Kier molecular flexibility index (Phi) is 5.32. The van der Waals surface area contributed by atoms with Gasteiger partial charge in [0.1, 0.15) is 0 Å². The van der Waals surface area contributed by atoms with Crippen molar-refractivity contribution in [3.05, 3.63) is 35.4 Å². The van der Waals surface area contributed by atoms with Crippen LogP contribution in [-0.2, 0) is 5.41 Å². The Bertz CT molecular complexity index is 354. The molecule has 2 unspecified atom stereocenters. The second-order valence-corrected chi connectivity index (χ2v) is 5.84. The molecule has 18 heavy (non-hydrogen) atoms. The lowest BCUT2D eigenvalue weighted by Crippen LogP contribution is -2.31. The molecule has 0 aliphatic heterocycles. The van der Waals surface area contributed by atoms with Gasteiger partial charge in [-0.15, -0.1) is 0 Å². The van der Waals surface area contributed by atoms with Gasteiger partial charge in [-0.05, 0) is 23.5 Å². The second-order valence-electron chi connectivity index (χ2n) is 5.84. The fourth-order valence-corrected chi connectivity index (χ4v) is 1.77. The molecule has 2 atom stereocenters. The highest BCUT2D eigenvalue weighted by Gasteiger charge is 2.14. The van der Waals surface area contributed by atoms with Crippen molar-refractivity contribution in [2.45, 2.75) is 45.3 Å². The summed E-state index contributed by atoms with van der Waals surface area (Å²) in [5.74, 6) is 0. The average molecular weight is 251 g/mol. The van der Waals surface area contributed by atoms with Crippen molar-refractivity contribution in [3.63, 3.8) is 0 Å². The molecular weight excluding hydrogens is 226 g/mol. The van der Waals surface area contributed by atoms with Crippen molar-refractivity contribution in [2.24, 2.45) is 0 Å². The van der Waals surface area contributed by atoms with Crippen molar-refractivity contribution in [3.8, 4) is 0 Å². The third-order valence-corrected chi connectivity index (χ3v) is 3.15. The summed E-state index contributed by atoms with van der Waals surface area (Å²) < 4.78 is 0. The normalized spacial score (nSPS) is 15.4. The summed E-state index contributed by atoms with van der Waals surface area (Å²) in [6.07, 6.45) is -0.693. The van der Waals surface area contributed by atoms with Crippen LogP contribution in [0.1, 0.15) is 44.9 Å². The molecule has 0 heterocycles.